The van der Waals surface area contributed by atoms with Crippen molar-refractivity contribution in [2.75, 3.05) is 31.1 Å². The molecular formula is C16H27N5O2S. The Hall–Kier alpha value is -1.67. The Bertz CT molecular complexity index is 554. The number of thiazole rings is 1. The zero-order chi connectivity index (χ0) is 17.5. The standard InChI is InChI=1S/C16H27N5O2S/c1-11(2)14(17)15(23)19-9-13(22)18-6-5-12-10-24-16(20-12)21-7-3-4-8-21/h10-11,14H,3-9,17H2,1-2H3,(H,18,22)(H,19,23)/t14-/m0/s1. The lowest BCUT2D eigenvalue weighted by Gasteiger charge is -2.15. The molecule has 134 valence electrons. The summed E-state index contributed by atoms with van der Waals surface area (Å²) in [6.07, 6.45) is 3.16. The van der Waals surface area contributed by atoms with Gasteiger partial charge in [0.15, 0.2) is 5.13 Å². The Morgan fingerprint density at radius 1 is 1.33 bits per heavy atom. The molecule has 1 aromatic heterocycles. The number of hydrogen-bond donors (Lipinski definition) is 3. The van der Waals surface area contributed by atoms with E-state index >= 15 is 0 Å². The van der Waals surface area contributed by atoms with Crippen molar-refractivity contribution in [3.05, 3.63) is 11.1 Å². The van der Waals surface area contributed by atoms with Crippen molar-refractivity contribution in [2.24, 2.45) is 11.7 Å². The van der Waals surface area contributed by atoms with Crippen molar-refractivity contribution in [1.82, 2.24) is 15.6 Å². The van der Waals surface area contributed by atoms with Crippen molar-refractivity contribution < 1.29 is 9.59 Å². The number of amides is 2. The van der Waals surface area contributed by atoms with E-state index in [1.165, 1.54) is 12.8 Å². The van der Waals surface area contributed by atoms with Crippen LogP contribution in [0.1, 0.15) is 32.4 Å². The van der Waals surface area contributed by atoms with Crippen LogP contribution in [0.5, 0.6) is 0 Å². The summed E-state index contributed by atoms with van der Waals surface area (Å²) in [6, 6.07) is -0.586. The summed E-state index contributed by atoms with van der Waals surface area (Å²) in [5, 5.41) is 8.47. The van der Waals surface area contributed by atoms with E-state index in [1.807, 2.05) is 19.2 Å². The van der Waals surface area contributed by atoms with Crippen LogP contribution < -0.4 is 21.3 Å². The molecule has 8 heteroatoms. The molecule has 7 nitrogen and oxygen atoms in total. The Kier molecular flexibility index (Phi) is 6.99. The second-order valence-corrected chi connectivity index (χ2v) is 7.24. The fourth-order valence-corrected chi connectivity index (χ4v) is 3.36. The third-order valence-electron chi connectivity index (χ3n) is 4.06. The van der Waals surface area contributed by atoms with Crippen molar-refractivity contribution in [2.45, 2.75) is 39.2 Å². The molecule has 2 amide bonds. The fraction of sp³-hybridized carbons (Fsp3) is 0.688. The van der Waals surface area contributed by atoms with Crippen molar-refractivity contribution in [3.63, 3.8) is 0 Å². The topological polar surface area (TPSA) is 100 Å². The highest BCUT2D eigenvalue weighted by Gasteiger charge is 2.18. The maximum Gasteiger partial charge on any atom is 0.239 e. The maximum atomic E-state index is 11.8. The second kappa shape index (κ2) is 8.98. The molecular weight excluding hydrogens is 326 g/mol. The van der Waals surface area contributed by atoms with Gasteiger partial charge in [0, 0.05) is 31.4 Å². The maximum absolute atomic E-state index is 11.8. The monoisotopic (exact) mass is 353 g/mol. The molecule has 1 fully saturated rings. The predicted octanol–water partition coefficient (Wildman–Crippen LogP) is 0.502. The summed E-state index contributed by atoms with van der Waals surface area (Å²) in [4.78, 5) is 30.4. The zero-order valence-corrected chi connectivity index (χ0v) is 15.2. The third-order valence-corrected chi connectivity index (χ3v) is 5.01. The lowest BCUT2D eigenvalue weighted by Crippen LogP contribution is -2.47. The summed E-state index contributed by atoms with van der Waals surface area (Å²) < 4.78 is 0. The van der Waals surface area contributed by atoms with Crippen LogP contribution >= 0.6 is 11.3 Å². The fourth-order valence-electron chi connectivity index (χ4n) is 2.45. The number of carbonyl (C=O) groups is 2. The molecule has 0 radical (unpaired) electrons. The molecule has 0 unspecified atom stereocenters. The molecule has 1 atom stereocenters. The summed E-state index contributed by atoms with van der Waals surface area (Å²) >= 11 is 1.66. The Labute approximate surface area is 147 Å². The number of nitrogens with two attached hydrogens (primary N) is 1. The number of carbonyl (C=O) groups excluding carboxylic acids is 2. The van der Waals surface area contributed by atoms with E-state index in [2.05, 4.69) is 20.5 Å². The van der Waals surface area contributed by atoms with Gasteiger partial charge in [0.05, 0.1) is 18.3 Å². The van der Waals surface area contributed by atoms with E-state index in [1.54, 1.807) is 11.3 Å². The highest BCUT2D eigenvalue weighted by atomic mass is 32.1. The summed E-state index contributed by atoms with van der Waals surface area (Å²) in [5.41, 5.74) is 6.72. The molecule has 0 aromatic carbocycles. The van der Waals surface area contributed by atoms with Crippen LogP contribution in [0, 0.1) is 5.92 Å². The number of nitrogens with one attached hydrogen (secondary N) is 2. The quantitative estimate of drug-likeness (QED) is 0.632. The first-order valence-electron chi connectivity index (χ1n) is 8.46. The van der Waals surface area contributed by atoms with E-state index in [0.29, 0.717) is 13.0 Å². The average molecular weight is 353 g/mol. The van der Waals surface area contributed by atoms with E-state index in [4.69, 9.17) is 5.73 Å². The lowest BCUT2D eigenvalue weighted by molar-refractivity contribution is -0.127. The first kappa shape index (κ1) is 18.7. The van der Waals surface area contributed by atoms with Crippen LogP contribution in [0.4, 0.5) is 5.13 Å². The second-order valence-electron chi connectivity index (χ2n) is 6.40. The Balaban J connectivity index is 1.64. The molecule has 1 saturated heterocycles. The van der Waals surface area contributed by atoms with Crippen molar-refractivity contribution in [1.29, 1.82) is 0 Å². The highest BCUT2D eigenvalue weighted by Crippen LogP contribution is 2.24. The Morgan fingerprint density at radius 2 is 2.04 bits per heavy atom. The molecule has 0 bridgehead atoms. The van der Waals surface area contributed by atoms with E-state index in [-0.39, 0.29) is 24.3 Å². The van der Waals surface area contributed by atoms with E-state index in [0.717, 1.165) is 23.9 Å². The van der Waals surface area contributed by atoms with Crippen LogP contribution in [0.15, 0.2) is 5.38 Å². The first-order valence-corrected chi connectivity index (χ1v) is 9.34. The summed E-state index contributed by atoms with van der Waals surface area (Å²) in [6.45, 7) is 6.37. The van der Waals surface area contributed by atoms with Crippen LogP contribution in [0.3, 0.4) is 0 Å². The minimum Gasteiger partial charge on any atom is -0.354 e. The average Bonchev–Trinajstić information content (AvgIpc) is 3.22. The van der Waals surface area contributed by atoms with E-state index < -0.39 is 6.04 Å². The number of rotatable bonds is 8. The van der Waals surface area contributed by atoms with Gasteiger partial charge in [-0.2, -0.15) is 0 Å². The summed E-state index contributed by atoms with van der Waals surface area (Å²) in [7, 11) is 0. The van der Waals surface area contributed by atoms with Gasteiger partial charge in [-0.05, 0) is 18.8 Å². The molecule has 0 aliphatic carbocycles. The van der Waals surface area contributed by atoms with Gasteiger partial charge in [0.1, 0.15) is 0 Å². The van der Waals surface area contributed by atoms with Gasteiger partial charge in [-0.15, -0.1) is 11.3 Å². The minimum absolute atomic E-state index is 0.0440. The molecule has 1 aromatic rings. The molecule has 0 spiro atoms. The lowest BCUT2D eigenvalue weighted by atomic mass is 10.1. The number of hydrogen-bond acceptors (Lipinski definition) is 6. The molecule has 0 saturated carbocycles. The molecule has 1 aliphatic heterocycles. The van der Waals surface area contributed by atoms with Crippen LogP contribution in [0.25, 0.3) is 0 Å². The minimum atomic E-state index is -0.586. The highest BCUT2D eigenvalue weighted by molar-refractivity contribution is 7.13. The Morgan fingerprint density at radius 3 is 2.71 bits per heavy atom. The largest absolute Gasteiger partial charge is 0.354 e. The van der Waals surface area contributed by atoms with Gasteiger partial charge in [0.25, 0.3) is 0 Å². The van der Waals surface area contributed by atoms with Crippen LogP contribution in [0.2, 0.25) is 0 Å². The molecule has 1 aliphatic rings. The third kappa shape index (κ3) is 5.45. The van der Waals surface area contributed by atoms with Crippen molar-refractivity contribution >= 4 is 28.3 Å². The predicted molar refractivity (Wildman–Crippen MR) is 96.1 cm³/mol. The van der Waals surface area contributed by atoms with Gasteiger partial charge < -0.3 is 21.3 Å². The number of aromatic nitrogens is 1. The smallest absolute Gasteiger partial charge is 0.239 e. The van der Waals surface area contributed by atoms with Gasteiger partial charge in [-0.3, -0.25) is 9.59 Å². The number of nitrogens with zero attached hydrogens (tertiary/aromatic N) is 2. The first-order chi connectivity index (χ1) is 11.5. The molecule has 4 N–H and O–H groups in total. The van der Waals surface area contributed by atoms with Gasteiger partial charge in [-0.1, -0.05) is 13.8 Å². The normalized spacial score (nSPS) is 15.6. The van der Waals surface area contributed by atoms with E-state index in [9.17, 15) is 9.59 Å². The zero-order valence-electron chi connectivity index (χ0n) is 14.4. The SMILES string of the molecule is CC(C)[C@H](N)C(=O)NCC(=O)NCCc1csc(N2CCCC2)n1. The van der Waals surface area contributed by atoms with Crippen molar-refractivity contribution in [3.8, 4) is 0 Å². The van der Waals surface area contributed by atoms with Crippen LogP contribution in [-0.2, 0) is 16.0 Å². The van der Waals surface area contributed by atoms with Gasteiger partial charge in [-0.25, -0.2) is 4.98 Å². The van der Waals surface area contributed by atoms with Gasteiger partial charge in [0.2, 0.25) is 11.8 Å². The van der Waals surface area contributed by atoms with Gasteiger partial charge >= 0.3 is 0 Å². The number of anilines is 1. The van der Waals surface area contributed by atoms with Crippen LogP contribution in [-0.4, -0.2) is 49.0 Å². The molecule has 2 heterocycles. The molecule has 24 heavy (non-hydrogen) atoms. The molecule has 2 rings (SSSR count). The summed E-state index contributed by atoms with van der Waals surface area (Å²) in [5.74, 6) is -0.466.